The van der Waals surface area contributed by atoms with Crippen LogP contribution in [0.3, 0.4) is 0 Å². The predicted molar refractivity (Wildman–Crippen MR) is 95.5 cm³/mol. The van der Waals surface area contributed by atoms with Crippen LogP contribution < -0.4 is 5.32 Å². The van der Waals surface area contributed by atoms with Crippen LogP contribution in [-0.2, 0) is 0 Å². The van der Waals surface area contributed by atoms with Gasteiger partial charge in [-0.15, -0.1) is 11.3 Å². The number of aryl methyl sites for hydroxylation is 2. The first-order valence-electron chi connectivity index (χ1n) is 7.77. The van der Waals surface area contributed by atoms with Crippen molar-refractivity contribution in [3.8, 4) is 0 Å². The summed E-state index contributed by atoms with van der Waals surface area (Å²) in [5, 5.41) is 5.14. The fraction of sp³-hybridized carbons (Fsp3) is 0.353. The maximum atomic E-state index is 12.7. The number of carbonyl (C=O) groups excluding carboxylic acids is 1. The molecular formula is C17H21N5OS. The standard InChI is InChI=1S/C17H21N5OS/c1-11-6-9-24-15(11)13(21(3)4)10-19-16(23)14-12(2)20-17-18-7-5-8-22(14)17/h5-9,13H,10H2,1-4H3,(H,19,23). The number of fused-ring (bicyclic) bond motifs is 1. The van der Waals surface area contributed by atoms with Crippen LogP contribution in [0.2, 0.25) is 0 Å². The van der Waals surface area contributed by atoms with Crippen LogP contribution in [0.25, 0.3) is 5.78 Å². The van der Waals surface area contributed by atoms with Gasteiger partial charge in [-0.1, -0.05) is 0 Å². The number of amides is 1. The molecule has 0 fully saturated rings. The van der Waals surface area contributed by atoms with Crippen LogP contribution in [0.15, 0.2) is 29.9 Å². The number of hydrogen-bond donors (Lipinski definition) is 1. The van der Waals surface area contributed by atoms with Gasteiger partial charge in [-0.25, -0.2) is 9.97 Å². The highest BCUT2D eigenvalue weighted by atomic mass is 32.1. The average molecular weight is 343 g/mol. The third kappa shape index (κ3) is 3.05. The second kappa shape index (κ2) is 6.70. The molecule has 0 saturated heterocycles. The van der Waals surface area contributed by atoms with Crippen molar-refractivity contribution in [3.63, 3.8) is 0 Å². The SMILES string of the molecule is Cc1ccsc1C(CNC(=O)c1c(C)nc2ncccn12)N(C)C. The quantitative estimate of drug-likeness (QED) is 0.773. The molecule has 6 nitrogen and oxygen atoms in total. The van der Waals surface area contributed by atoms with Crippen LogP contribution in [0, 0.1) is 13.8 Å². The van der Waals surface area contributed by atoms with E-state index in [0.717, 1.165) is 0 Å². The smallest absolute Gasteiger partial charge is 0.270 e. The van der Waals surface area contributed by atoms with Gasteiger partial charge in [-0.2, -0.15) is 0 Å². The lowest BCUT2D eigenvalue weighted by Crippen LogP contribution is -2.35. The number of likely N-dealkylation sites (N-methyl/N-ethyl adjacent to an activating group) is 1. The molecule has 0 aliphatic rings. The Bertz CT molecular complexity index is 867. The molecule has 0 spiro atoms. The van der Waals surface area contributed by atoms with E-state index in [4.69, 9.17) is 0 Å². The highest BCUT2D eigenvalue weighted by Gasteiger charge is 2.21. The van der Waals surface area contributed by atoms with Gasteiger partial charge in [0.05, 0.1) is 11.7 Å². The van der Waals surface area contributed by atoms with E-state index in [9.17, 15) is 4.79 Å². The summed E-state index contributed by atoms with van der Waals surface area (Å²) in [5.41, 5.74) is 2.47. The minimum Gasteiger partial charge on any atom is -0.349 e. The number of nitrogens with zero attached hydrogens (tertiary/aromatic N) is 4. The zero-order chi connectivity index (χ0) is 17.3. The van der Waals surface area contributed by atoms with Crippen molar-refractivity contribution in [2.24, 2.45) is 0 Å². The van der Waals surface area contributed by atoms with Crippen LogP contribution >= 0.6 is 11.3 Å². The number of rotatable bonds is 5. The Morgan fingerprint density at radius 2 is 2.21 bits per heavy atom. The van der Waals surface area contributed by atoms with E-state index in [1.807, 2.05) is 27.2 Å². The highest BCUT2D eigenvalue weighted by Crippen LogP contribution is 2.26. The summed E-state index contributed by atoms with van der Waals surface area (Å²) in [7, 11) is 4.05. The zero-order valence-electron chi connectivity index (χ0n) is 14.3. The lowest BCUT2D eigenvalue weighted by Gasteiger charge is -2.24. The van der Waals surface area contributed by atoms with Crippen molar-refractivity contribution in [2.45, 2.75) is 19.9 Å². The summed E-state index contributed by atoms with van der Waals surface area (Å²) >= 11 is 1.72. The van der Waals surface area contributed by atoms with Crippen LogP contribution in [-0.4, -0.2) is 45.8 Å². The molecular weight excluding hydrogens is 322 g/mol. The molecule has 24 heavy (non-hydrogen) atoms. The largest absolute Gasteiger partial charge is 0.349 e. The Balaban J connectivity index is 1.81. The van der Waals surface area contributed by atoms with Gasteiger partial charge in [0.2, 0.25) is 5.78 Å². The molecule has 1 N–H and O–H groups in total. The molecule has 1 atom stereocenters. The summed E-state index contributed by atoms with van der Waals surface area (Å²) in [6.45, 7) is 4.47. The van der Waals surface area contributed by atoms with Crippen molar-refractivity contribution in [1.82, 2.24) is 24.6 Å². The Kier molecular flexibility index (Phi) is 4.64. The summed E-state index contributed by atoms with van der Waals surface area (Å²) in [6.07, 6.45) is 3.48. The van der Waals surface area contributed by atoms with Gasteiger partial charge < -0.3 is 10.2 Å². The van der Waals surface area contributed by atoms with Crippen molar-refractivity contribution in [3.05, 3.63) is 51.7 Å². The number of hydrogen-bond acceptors (Lipinski definition) is 5. The number of carbonyl (C=O) groups is 1. The van der Waals surface area contributed by atoms with E-state index < -0.39 is 0 Å². The molecule has 3 heterocycles. The average Bonchev–Trinajstić information content (AvgIpc) is 3.09. The van der Waals surface area contributed by atoms with E-state index in [0.29, 0.717) is 23.7 Å². The first-order chi connectivity index (χ1) is 11.5. The lowest BCUT2D eigenvalue weighted by molar-refractivity contribution is 0.0935. The van der Waals surface area contributed by atoms with E-state index in [-0.39, 0.29) is 11.9 Å². The molecule has 3 aromatic rings. The summed E-state index contributed by atoms with van der Waals surface area (Å²) in [5.74, 6) is 0.410. The van der Waals surface area contributed by atoms with Gasteiger partial charge in [0.15, 0.2) is 0 Å². The maximum Gasteiger partial charge on any atom is 0.270 e. The summed E-state index contributed by atoms with van der Waals surface area (Å²) in [6, 6.07) is 4.05. The van der Waals surface area contributed by atoms with Gasteiger partial charge in [0.25, 0.3) is 5.91 Å². The van der Waals surface area contributed by atoms with E-state index >= 15 is 0 Å². The minimum absolute atomic E-state index is 0.131. The van der Waals surface area contributed by atoms with Crippen molar-refractivity contribution >= 4 is 23.0 Å². The van der Waals surface area contributed by atoms with Crippen LogP contribution in [0.4, 0.5) is 0 Å². The molecule has 1 unspecified atom stereocenters. The van der Waals surface area contributed by atoms with E-state index in [1.54, 1.807) is 28.0 Å². The molecule has 1 amide bonds. The third-order valence-electron chi connectivity index (χ3n) is 4.08. The number of thiophene rings is 1. The zero-order valence-corrected chi connectivity index (χ0v) is 15.1. The van der Waals surface area contributed by atoms with Gasteiger partial charge in [-0.3, -0.25) is 9.20 Å². The molecule has 126 valence electrons. The molecule has 0 aliphatic heterocycles. The van der Waals surface area contributed by atoms with Crippen LogP contribution in [0.5, 0.6) is 0 Å². The Labute approximate surface area is 145 Å². The molecule has 0 aliphatic carbocycles. The van der Waals surface area contributed by atoms with Gasteiger partial charge in [0.1, 0.15) is 5.69 Å². The Morgan fingerprint density at radius 1 is 1.42 bits per heavy atom. The second-order valence-corrected chi connectivity index (χ2v) is 6.94. The molecule has 0 radical (unpaired) electrons. The fourth-order valence-corrected chi connectivity index (χ4v) is 3.90. The normalized spacial score (nSPS) is 12.7. The maximum absolute atomic E-state index is 12.7. The lowest BCUT2D eigenvalue weighted by atomic mass is 10.1. The topological polar surface area (TPSA) is 62.5 Å². The minimum atomic E-state index is -0.131. The van der Waals surface area contributed by atoms with Crippen molar-refractivity contribution in [2.75, 3.05) is 20.6 Å². The van der Waals surface area contributed by atoms with Crippen molar-refractivity contribution in [1.29, 1.82) is 0 Å². The van der Waals surface area contributed by atoms with Gasteiger partial charge >= 0.3 is 0 Å². The molecule has 3 rings (SSSR count). The second-order valence-electron chi connectivity index (χ2n) is 5.99. The first kappa shape index (κ1) is 16.6. The number of nitrogens with one attached hydrogen (secondary N) is 1. The third-order valence-corrected chi connectivity index (χ3v) is 5.20. The van der Waals surface area contributed by atoms with E-state index in [2.05, 4.69) is 38.6 Å². The fourth-order valence-electron chi connectivity index (χ4n) is 2.78. The molecule has 7 heteroatoms. The molecule has 0 aromatic carbocycles. The Hall–Kier alpha value is -2.25. The first-order valence-corrected chi connectivity index (χ1v) is 8.65. The van der Waals surface area contributed by atoms with E-state index in [1.165, 1.54) is 10.4 Å². The van der Waals surface area contributed by atoms with Gasteiger partial charge in [-0.05, 0) is 51.0 Å². The summed E-state index contributed by atoms with van der Waals surface area (Å²) < 4.78 is 1.73. The number of aromatic nitrogens is 3. The van der Waals surface area contributed by atoms with Crippen LogP contribution in [0.1, 0.15) is 32.7 Å². The highest BCUT2D eigenvalue weighted by molar-refractivity contribution is 7.10. The predicted octanol–water partition coefficient (Wildman–Crippen LogP) is 2.44. The van der Waals surface area contributed by atoms with Gasteiger partial charge in [0, 0.05) is 23.8 Å². The molecule has 0 bridgehead atoms. The molecule has 0 saturated carbocycles. The Morgan fingerprint density at radius 3 is 2.88 bits per heavy atom. The monoisotopic (exact) mass is 343 g/mol. The molecule has 3 aromatic heterocycles. The van der Waals surface area contributed by atoms with Crippen molar-refractivity contribution < 1.29 is 4.79 Å². The number of imidazole rings is 1. The summed E-state index contributed by atoms with van der Waals surface area (Å²) in [4.78, 5) is 24.6.